The van der Waals surface area contributed by atoms with Gasteiger partial charge in [-0.3, -0.25) is 9.97 Å². The number of pyridine rings is 2. The van der Waals surface area contributed by atoms with Crippen LogP contribution in [0.3, 0.4) is 0 Å². The molecular formula is C62H36N4. The molecule has 0 bridgehead atoms. The van der Waals surface area contributed by atoms with E-state index in [0.717, 1.165) is 66.7 Å². The molecule has 0 radical (unpaired) electrons. The molecule has 0 saturated heterocycles. The molecule has 3 heterocycles. The summed E-state index contributed by atoms with van der Waals surface area (Å²) in [5, 5.41) is 16.1. The molecule has 0 aliphatic carbocycles. The van der Waals surface area contributed by atoms with Crippen molar-refractivity contribution in [1.29, 1.82) is 0 Å². The van der Waals surface area contributed by atoms with Crippen LogP contribution in [0, 0.1) is 0 Å². The molecule has 0 amide bonds. The molecule has 66 heavy (non-hydrogen) atoms. The molecule has 0 saturated carbocycles. The Morgan fingerprint density at radius 3 is 1.23 bits per heavy atom. The molecule has 4 nitrogen and oxygen atoms in total. The molecule has 14 aromatic rings. The Kier molecular flexibility index (Phi) is 7.95. The van der Waals surface area contributed by atoms with Gasteiger partial charge >= 0.3 is 0 Å². The van der Waals surface area contributed by atoms with E-state index in [4.69, 9.17) is 9.97 Å². The fourth-order valence-corrected chi connectivity index (χ4v) is 10.6. The highest BCUT2D eigenvalue weighted by Gasteiger charge is 2.22. The van der Waals surface area contributed by atoms with Crippen LogP contribution in [0.15, 0.2) is 219 Å². The van der Waals surface area contributed by atoms with Gasteiger partial charge in [0.05, 0.1) is 11.2 Å². The van der Waals surface area contributed by atoms with Gasteiger partial charge < -0.3 is 0 Å². The van der Waals surface area contributed by atoms with Gasteiger partial charge in [-0.05, 0) is 140 Å². The van der Waals surface area contributed by atoms with Gasteiger partial charge in [-0.1, -0.05) is 158 Å². The minimum absolute atomic E-state index is 0.673. The fraction of sp³-hybridized carbons (Fsp3) is 0. The second kappa shape index (κ2) is 14.3. The largest absolute Gasteiger partial charge is 0.265 e. The van der Waals surface area contributed by atoms with Crippen molar-refractivity contribution in [3.63, 3.8) is 0 Å². The zero-order valence-corrected chi connectivity index (χ0v) is 35.6. The van der Waals surface area contributed by atoms with Crippen LogP contribution in [0.5, 0.6) is 0 Å². The number of fused-ring (bicyclic) bond motifs is 1. The summed E-state index contributed by atoms with van der Waals surface area (Å²) in [5.41, 5.74) is 12.7. The monoisotopic (exact) mass is 836 g/mol. The van der Waals surface area contributed by atoms with Gasteiger partial charge in [0.25, 0.3) is 0 Å². The standard InChI is InChI=1S/C62H36N4/c1-3-41-11-13-45-19-23-50(52-25-21-43(5-1)56(41)58(45)52)49-35-54(51-24-20-46-14-12-42-4-2-6-44-22-26-53(51)59(46)57(42)44)61-55(36-49)60(47-15-7-37(8-16-47)39-27-31-63-32-28-39)65-62(66-61)48-17-9-38(10-18-48)40-29-33-64-34-30-40/h1-36H. The average molecular weight is 837 g/mol. The first-order valence-electron chi connectivity index (χ1n) is 22.4. The molecular weight excluding hydrogens is 801 g/mol. The van der Waals surface area contributed by atoms with Gasteiger partial charge in [-0.2, -0.15) is 0 Å². The summed E-state index contributed by atoms with van der Waals surface area (Å²) in [6.45, 7) is 0. The second-order valence-electron chi connectivity index (χ2n) is 17.4. The highest BCUT2D eigenvalue weighted by molar-refractivity contribution is 6.28. The van der Waals surface area contributed by atoms with Crippen LogP contribution in [-0.4, -0.2) is 19.9 Å². The third-order valence-electron chi connectivity index (χ3n) is 13.8. The van der Waals surface area contributed by atoms with Gasteiger partial charge in [0, 0.05) is 46.9 Å². The van der Waals surface area contributed by atoms with E-state index in [1.165, 1.54) is 70.2 Å². The maximum Gasteiger partial charge on any atom is 0.160 e. The molecule has 304 valence electrons. The lowest BCUT2D eigenvalue weighted by molar-refractivity contribution is 1.23. The van der Waals surface area contributed by atoms with Crippen molar-refractivity contribution in [2.45, 2.75) is 0 Å². The lowest BCUT2D eigenvalue weighted by Gasteiger charge is -2.19. The minimum atomic E-state index is 0.673. The molecule has 0 aliphatic heterocycles. The summed E-state index contributed by atoms with van der Waals surface area (Å²) in [4.78, 5) is 19.7. The Morgan fingerprint density at radius 1 is 0.258 bits per heavy atom. The smallest absolute Gasteiger partial charge is 0.160 e. The Bertz CT molecular complexity index is 4150. The summed E-state index contributed by atoms with van der Waals surface area (Å²) in [7, 11) is 0. The van der Waals surface area contributed by atoms with E-state index in [1.54, 1.807) is 0 Å². The van der Waals surface area contributed by atoms with E-state index >= 15 is 0 Å². The van der Waals surface area contributed by atoms with E-state index in [9.17, 15) is 0 Å². The summed E-state index contributed by atoms with van der Waals surface area (Å²) in [6.07, 6.45) is 7.35. The van der Waals surface area contributed by atoms with Crippen LogP contribution >= 0.6 is 0 Å². The van der Waals surface area contributed by atoms with Crippen molar-refractivity contribution in [3.05, 3.63) is 219 Å². The zero-order valence-electron chi connectivity index (χ0n) is 35.6. The topological polar surface area (TPSA) is 51.6 Å². The summed E-state index contributed by atoms with van der Waals surface area (Å²) in [5.74, 6) is 0.673. The Hall–Kier alpha value is -8.86. The van der Waals surface area contributed by atoms with Crippen LogP contribution in [0.4, 0.5) is 0 Å². The molecule has 0 aliphatic rings. The molecule has 4 heteroatoms. The van der Waals surface area contributed by atoms with Crippen molar-refractivity contribution in [2.75, 3.05) is 0 Å². The lowest BCUT2D eigenvalue weighted by Crippen LogP contribution is -1.99. The lowest BCUT2D eigenvalue weighted by atomic mass is 9.86. The van der Waals surface area contributed by atoms with Crippen molar-refractivity contribution in [1.82, 2.24) is 19.9 Å². The van der Waals surface area contributed by atoms with Gasteiger partial charge in [-0.15, -0.1) is 0 Å². The number of nitrogens with zero attached hydrogens (tertiary/aromatic N) is 4. The zero-order chi connectivity index (χ0) is 43.3. The van der Waals surface area contributed by atoms with Crippen LogP contribution in [0.2, 0.25) is 0 Å². The van der Waals surface area contributed by atoms with Gasteiger partial charge in [0.15, 0.2) is 5.82 Å². The first-order chi connectivity index (χ1) is 32.7. The van der Waals surface area contributed by atoms with Crippen LogP contribution in [0.25, 0.3) is 143 Å². The van der Waals surface area contributed by atoms with Gasteiger partial charge in [0.1, 0.15) is 0 Å². The van der Waals surface area contributed by atoms with E-state index in [2.05, 4.69) is 192 Å². The summed E-state index contributed by atoms with van der Waals surface area (Å²) >= 11 is 0. The molecule has 0 atom stereocenters. The number of rotatable bonds is 6. The normalized spacial score (nSPS) is 11.9. The molecule has 11 aromatic carbocycles. The van der Waals surface area contributed by atoms with E-state index < -0.39 is 0 Å². The summed E-state index contributed by atoms with van der Waals surface area (Å²) in [6, 6.07) is 70.9. The van der Waals surface area contributed by atoms with E-state index in [1.807, 2.05) is 36.9 Å². The third-order valence-corrected chi connectivity index (χ3v) is 13.8. The molecule has 3 aromatic heterocycles. The fourth-order valence-electron chi connectivity index (χ4n) is 10.6. The molecule has 0 unspecified atom stereocenters. The van der Waals surface area contributed by atoms with Crippen molar-refractivity contribution < 1.29 is 0 Å². The van der Waals surface area contributed by atoms with Crippen LogP contribution in [0.1, 0.15) is 0 Å². The van der Waals surface area contributed by atoms with Crippen LogP contribution in [-0.2, 0) is 0 Å². The minimum Gasteiger partial charge on any atom is -0.265 e. The van der Waals surface area contributed by atoms with Crippen LogP contribution < -0.4 is 0 Å². The van der Waals surface area contributed by atoms with E-state index in [0.29, 0.717) is 5.82 Å². The van der Waals surface area contributed by atoms with Crippen molar-refractivity contribution >= 4 is 75.5 Å². The third kappa shape index (κ3) is 5.65. The maximum atomic E-state index is 5.62. The predicted molar refractivity (Wildman–Crippen MR) is 275 cm³/mol. The highest BCUT2D eigenvalue weighted by atomic mass is 14.9. The van der Waals surface area contributed by atoms with Gasteiger partial charge in [-0.25, -0.2) is 9.97 Å². The molecule has 14 rings (SSSR count). The second-order valence-corrected chi connectivity index (χ2v) is 17.4. The van der Waals surface area contributed by atoms with Crippen molar-refractivity contribution in [2.24, 2.45) is 0 Å². The highest BCUT2D eigenvalue weighted by Crippen LogP contribution is 2.46. The van der Waals surface area contributed by atoms with E-state index in [-0.39, 0.29) is 0 Å². The number of hydrogen-bond acceptors (Lipinski definition) is 4. The SMILES string of the molecule is c1cc2ccc3ccc(-c4cc(-c5ccc6ccc7cccc8ccc5c6c78)c5nc(-c6ccc(-c7ccncc7)cc6)nc(-c6ccc(-c7ccncc7)cc6)c5c4)c4ccc(c1)c2c34. The Balaban J connectivity index is 1.08. The number of hydrogen-bond donors (Lipinski definition) is 0. The molecule has 0 N–H and O–H groups in total. The Morgan fingerprint density at radius 2 is 0.682 bits per heavy atom. The summed E-state index contributed by atoms with van der Waals surface area (Å²) < 4.78 is 0. The molecule has 0 fully saturated rings. The Labute approximate surface area is 379 Å². The predicted octanol–water partition coefficient (Wildman–Crippen LogP) is 16.2. The molecule has 0 spiro atoms. The quantitative estimate of drug-likeness (QED) is 0.157. The average Bonchev–Trinajstić information content (AvgIpc) is 3.39. The first-order valence-corrected chi connectivity index (χ1v) is 22.4. The maximum absolute atomic E-state index is 5.62. The van der Waals surface area contributed by atoms with Gasteiger partial charge in [0.2, 0.25) is 0 Å². The first kappa shape index (κ1) is 36.6. The van der Waals surface area contributed by atoms with Crippen molar-refractivity contribution in [3.8, 4) is 67.2 Å². The number of benzene rings is 11. The number of aromatic nitrogens is 4.